The van der Waals surface area contributed by atoms with Crippen LogP contribution in [0.2, 0.25) is 0 Å². The minimum absolute atomic E-state index is 0.0244. The van der Waals surface area contributed by atoms with Crippen LogP contribution < -0.4 is 10.6 Å². The lowest BCUT2D eigenvalue weighted by atomic mass is 10.2. The molecule has 0 saturated heterocycles. The molecule has 0 spiro atoms. The molecule has 1 fully saturated rings. The number of nitrogens with one attached hydrogen (secondary N) is 2. The molecule has 166 valence electrons. The Morgan fingerprint density at radius 1 is 1.06 bits per heavy atom. The number of esters is 1. The topological polar surface area (TPSA) is 139 Å². The van der Waals surface area contributed by atoms with E-state index in [1.54, 1.807) is 18.2 Å². The summed E-state index contributed by atoms with van der Waals surface area (Å²) in [5, 5.41) is 5.34. The quantitative estimate of drug-likeness (QED) is 0.589. The molecule has 0 atom stereocenters. The third-order valence-electron chi connectivity index (χ3n) is 4.87. The number of sulfonamides is 1. The fourth-order valence-electron chi connectivity index (χ4n) is 3.13. The van der Waals surface area contributed by atoms with Crippen LogP contribution in [0.1, 0.15) is 33.6 Å². The van der Waals surface area contributed by atoms with Crippen molar-refractivity contribution in [2.45, 2.75) is 23.8 Å². The largest absolute Gasteiger partial charge is 0.454 e. The van der Waals surface area contributed by atoms with Crippen LogP contribution in [0.5, 0.6) is 0 Å². The van der Waals surface area contributed by atoms with Gasteiger partial charge in [0.2, 0.25) is 0 Å². The second-order valence-corrected chi connectivity index (χ2v) is 9.18. The minimum atomic E-state index is -4.15. The summed E-state index contributed by atoms with van der Waals surface area (Å²) in [7, 11) is -4.15. The highest BCUT2D eigenvalue weighted by Crippen LogP contribution is 2.29. The average molecular weight is 457 g/mol. The molecule has 0 unspecified atom stereocenters. The van der Waals surface area contributed by atoms with Crippen LogP contribution in [0.4, 0.5) is 5.69 Å². The van der Waals surface area contributed by atoms with Gasteiger partial charge in [0.15, 0.2) is 6.61 Å². The first-order valence-electron chi connectivity index (χ1n) is 9.78. The lowest BCUT2D eigenvalue weighted by molar-refractivity contribution is -0.147. The molecule has 1 aliphatic carbocycles. The first-order valence-corrected chi connectivity index (χ1v) is 11.2. The van der Waals surface area contributed by atoms with Gasteiger partial charge < -0.3 is 15.4 Å². The monoisotopic (exact) mass is 457 g/mol. The van der Waals surface area contributed by atoms with E-state index in [1.807, 2.05) is 0 Å². The van der Waals surface area contributed by atoms with Crippen molar-refractivity contribution in [2.24, 2.45) is 0 Å². The van der Waals surface area contributed by atoms with E-state index in [0.29, 0.717) is 15.6 Å². The maximum atomic E-state index is 12.5. The number of fused-ring (bicyclic) bond motifs is 1. The van der Waals surface area contributed by atoms with Gasteiger partial charge in [0.25, 0.3) is 27.7 Å². The zero-order valence-electron chi connectivity index (χ0n) is 16.7. The van der Waals surface area contributed by atoms with Gasteiger partial charge in [-0.2, -0.15) is 0 Å². The fourth-order valence-corrected chi connectivity index (χ4v) is 4.64. The molecule has 10 nitrogen and oxygen atoms in total. The Labute approximate surface area is 183 Å². The smallest absolute Gasteiger partial charge is 0.327 e. The van der Waals surface area contributed by atoms with Gasteiger partial charge in [-0.25, -0.2) is 12.7 Å². The number of ether oxygens (including phenoxy) is 1. The molecular formula is C21H19N3O7S. The van der Waals surface area contributed by atoms with Gasteiger partial charge in [0, 0.05) is 17.3 Å². The Kier molecular flexibility index (Phi) is 5.66. The van der Waals surface area contributed by atoms with E-state index in [1.165, 1.54) is 30.3 Å². The summed E-state index contributed by atoms with van der Waals surface area (Å²) in [5.41, 5.74) is 0.690. The molecule has 2 aromatic rings. The van der Waals surface area contributed by atoms with Crippen molar-refractivity contribution in [3.63, 3.8) is 0 Å². The van der Waals surface area contributed by atoms with Crippen molar-refractivity contribution >= 4 is 39.4 Å². The first kappa shape index (κ1) is 21.5. The van der Waals surface area contributed by atoms with Crippen molar-refractivity contribution in [2.75, 3.05) is 18.5 Å². The normalized spacial score (nSPS) is 16.2. The van der Waals surface area contributed by atoms with Crippen molar-refractivity contribution in [1.29, 1.82) is 0 Å². The summed E-state index contributed by atoms with van der Waals surface area (Å²) in [5.74, 6) is -2.81. The molecule has 0 aromatic heterocycles. The third-order valence-corrected chi connectivity index (χ3v) is 6.66. The van der Waals surface area contributed by atoms with Gasteiger partial charge in [-0.05, 0) is 43.2 Å². The Morgan fingerprint density at radius 2 is 1.81 bits per heavy atom. The molecule has 0 bridgehead atoms. The number of nitrogens with zero attached hydrogens (tertiary/aromatic N) is 1. The highest BCUT2D eigenvalue weighted by molar-refractivity contribution is 7.90. The number of benzene rings is 2. The Bertz CT molecular complexity index is 1220. The summed E-state index contributed by atoms with van der Waals surface area (Å²) in [4.78, 5) is 48.4. The minimum Gasteiger partial charge on any atom is -0.454 e. The molecule has 2 aromatic carbocycles. The molecule has 3 amide bonds. The lowest BCUT2D eigenvalue weighted by Crippen LogP contribution is -2.36. The highest BCUT2D eigenvalue weighted by atomic mass is 32.2. The Morgan fingerprint density at radius 3 is 2.53 bits per heavy atom. The van der Waals surface area contributed by atoms with E-state index < -0.39 is 41.0 Å². The van der Waals surface area contributed by atoms with Gasteiger partial charge in [0.05, 0.1) is 5.56 Å². The van der Waals surface area contributed by atoms with Crippen LogP contribution >= 0.6 is 0 Å². The Hall–Kier alpha value is -3.73. The molecule has 2 N–H and O–H groups in total. The fraction of sp³-hybridized carbons (Fsp3) is 0.238. The summed E-state index contributed by atoms with van der Waals surface area (Å²) in [6.45, 7) is -1.54. The predicted octanol–water partition coefficient (Wildman–Crippen LogP) is 0.905. The van der Waals surface area contributed by atoms with Crippen molar-refractivity contribution in [3.05, 3.63) is 59.7 Å². The molecule has 11 heteroatoms. The molecule has 32 heavy (non-hydrogen) atoms. The summed E-state index contributed by atoms with van der Waals surface area (Å²) in [6.07, 6.45) is 1.90. The molecule has 2 aliphatic rings. The molecule has 1 aliphatic heterocycles. The lowest BCUT2D eigenvalue weighted by Gasteiger charge is -2.14. The summed E-state index contributed by atoms with van der Waals surface area (Å²) < 4.78 is 30.1. The Balaban J connectivity index is 1.31. The number of hydrogen-bond acceptors (Lipinski definition) is 7. The number of hydrogen-bond donors (Lipinski definition) is 2. The molecule has 1 heterocycles. The van der Waals surface area contributed by atoms with Crippen LogP contribution in [-0.4, -0.2) is 55.6 Å². The second kappa shape index (κ2) is 8.42. The van der Waals surface area contributed by atoms with Gasteiger partial charge in [-0.3, -0.25) is 19.2 Å². The number of amides is 3. The number of carbonyl (C=O) groups excluding carboxylic acids is 4. The van der Waals surface area contributed by atoms with E-state index in [9.17, 15) is 27.6 Å². The standard InChI is InChI=1S/C21H19N3O7S/c25-18(22-15-5-3-4-13(10-15)20(27)23-14-8-9-14)12-31-19(26)11-24-21(28)16-6-1-2-7-17(16)32(24,29)30/h1-7,10,14H,8-9,11-12H2,(H,22,25)(H,23,27). The van der Waals surface area contributed by atoms with Crippen molar-refractivity contribution < 1.29 is 32.3 Å². The van der Waals surface area contributed by atoms with Crippen molar-refractivity contribution in [1.82, 2.24) is 9.62 Å². The molecule has 4 rings (SSSR count). The van der Waals surface area contributed by atoms with Gasteiger partial charge in [-0.1, -0.05) is 18.2 Å². The van der Waals surface area contributed by atoms with Crippen LogP contribution in [0.25, 0.3) is 0 Å². The molecule has 1 saturated carbocycles. The van der Waals surface area contributed by atoms with Crippen LogP contribution in [0.15, 0.2) is 53.4 Å². The van der Waals surface area contributed by atoms with E-state index in [-0.39, 0.29) is 22.4 Å². The molecular weight excluding hydrogens is 438 g/mol. The van der Waals surface area contributed by atoms with Gasteiger partial charge in [-0.15, -0.1) is 0 Å². The summed E-state index contributed by atoms with van der Waals surface area (Å²) in [6, 6.07) is 12.1. The van der Waals surface area contributed by atoms with Gasteiger partial charge >= 0.3 is 5.97 Å². The number of carbonyl (C=O) groups is 4. The number of anilines is 1. The zero-order valence-corrected chi connectivity index (χ0v) is 17.6. The van der Waals surface area contributed by atoms with Crippen LogP contribution in [0.3, 0.4) is 0 Å². The van der Waals surface area contributed by atoms with E-state index in [2.05, 4.69) is 10.6 Å². The maximum Gasteiger partial charge on any atom is 0.327 e. The van der Waals surface area contributed by atoms with Crippen LogP contribution in [-0.2, 0) is 24.3 Å². The number of rotatable bonds is 7. The van der Waals surface area contributed by atoms with Crippen molar-refractivity contribution in [3.8, 4) is 0 Å². The second-order valence-electron chi connectivity index (χ2n) is 7.35. The molecule has 0 radical (unpaired) electrons. The van der Waals surface area contributed by atoms with E-state index >= 15 is 0 Å². The van der Waals surface area contributed by atoms with Crippen LogP contribution in [0, 0.1) is 0 Å². The van der Waals surface area contributed by atoms with E-state index in [4.69, 9.17) is 4.74 Å². The first-order chi connectivity index (χ1) is 15.3. The average Bonchev–Trinajstić information content (AvgIpc) is 3.56. The van der Waals surface area contributed by atoms with Gasteiger partial charge in [0.1, 0.15) is 11.4 Å². The van der Waals surface area contributed by atoms with E-state index in [0.717, 1.165) is 12.8 Å². The predicted molar refractivity (Wildman–Crippen MR) is 111 cm³/mol. The maximum absolute atomic E-state index is 12.5. The summed E-state index contributed by atoms with van der Waals surface area (Å²) >= 11 is 0. The SMILES string of the molecule is O=C(COC(=O)CN1C(=O)c2ccccc2S1(=O)=O)Nc1cccc(C(=O)NC2CC2)c1. The highest BCUT2D eigenvalue weighted by Gasteiger charge is 2.42. The third kappa shape index (κ3) is 4.47. The zero-order chi connectivity index (χ0) is 22.9.